The van der Waals surface area contributed by atoms with Gasteiger partial charge in [0.2, 0.25) is 0 Å². The van der Waals surface area contributed by atoms with Crippen LogP contribution in [0.15, 0.2) is 29.3 Å². The number of aliphatic imine (C=N–C) groups is 1. The number of aryl methyl sites for hydroxylation is 1. The van der Waals surface area contributed by atoms with E-state index in [1.54, 1.807) is 0 Å². The van der Waals surface area contributed by atoms with Gasteiger partial charge in [-0.15, -0.1) is 0 Å². The van der Waals surface area contributed by atoms with E-state index in [2.05, 4.69) is 65.6 Å². The second-order valence-electron chi connectivity index (χ2n) is 9.24. The van der Waals surface area contributed by atoms with Crippen molar-refractivity contribution in [3.63, 3.8) is 0 Å². The van der Waals surface area contributed by atoms with Crippen LogP contribution in [0.5, 0.6) is 0 Å². The van der Waals surface area contributed by atoms with E-state index < -0.39 is 0 Å². The topological polar surface area (TPSA) is 48.9 Å². The van der Waals surface area contributed by atoms with E-state index in [0.29, 0.717) is 0 Å². The van der Waals surface area contributed by atoms with Gasteiger partial charge in [0.25, 0.3) is 0 Å². The Kier molecular flexibility index (Phi) is 7.58. The van der Waals surface area contributed by atoms with E-state index in [1.807, 2.05) is 7.05 Å². The maximum absolute atomic E-state index is 5.67. The number of hydrogen-bond acceptors (Lipinski definition) is 3. The first-order valence-electron chi connectivity index (χ1n) is 11.4. The largest absolute Gasteiger partial charge is 0.381 e. The van der Waals surface area contributed by atoms with Crippen LogP contribution in [0.25, 0.3) is 0 Å². The predicted octanol–water partition coefficient (Wildman–Crippen LogP) is 3.34. The fourth-order valence-electron chi connectivity index (χ4n) is 4.61. The molecule has 1 aromatic rings. The lowest BCUT2D eigenvalue weighted by atomic mass is 9.84. The number of benzene rings is 1. The zero-order valence-electron chi connectivity index (χ0n) is 18.9. The molecule has 2 fully saturated rings. The van der Waals surface area contributed by atoms with Gasteiger partial charge in [-0.05, 0) is 56.3 Å². The summed E-state index contributed by atoms with van der Waals surface area (Å²) < 4.78 is 5.67. The molecule has 0 saturated carbocycles. The van der Waals surface area contributed by atoms with Crippen molar-refractivity contribution in [3.8, 4) is 0 Å². The molecule has 2 N–H and O–H groups in total. The van der Waals surface area contributed by atoms with Crippen LogP contribution >= 0.6 is 0 Å². The molecule has 2 heterocycles. The van der Waals surface area contributed by atoms with Crippen LogP contribution in [0.2, 0.25) is 0 Å². The first-order chi connectivity index (χ1) is 14.0. The summed E-state index contributed by atoms with van der Waals surface area (Å²) in [6.07, 6.45) is 5.93. The molecule has 0 unspecified atom stereocenters. The second kappa shape index (κ2) is 9.94. The van der Waals surface area contributed by atoms with Gasteiger partial charge in [0, 0.05) is 44.3 Å². The van der Waals surface area contributed by atoms with Crippen LogP contribution in [0.4, 0.5) is 0 Å². The van der Waals surface area contributed by atoms with Crippen molar-refractivity contribution >= 4 is 5.96 Å². The normalized spacial score (nSPS) is 20.6. The Morgan fingerprint density at radius 1 is 1.10 bits per heavy atom. The highest BCUT2D eigenvalue weighted by atomic mass is 16.5. The summed E-state index contributed by atoms with van der Waals surface area (Å²) in [6.45, 7) is 12.7. The van der Waals surface area contributed by atoms with Crippen LogP contribution in [0.3, 0.4) is 0 Å². The molecular formula is C24H40N4O. The molecule has 0 atom stereocenters. The third-order valence-corrected chi connectivity index (χ3v) is 6.85. The minimum atomic E-state index is 0.0369. The minimum Gasteiger partial charge on any atom is -0.381 e. The van der Waals surface area contributed by atoms with Gasteiger partial charge >= 0.3 is 0 Å². The molecule has 0 spiro atoms. The molecule has 2 aliphatic rings. The summed E-state index contributed by atoms with van der Waals surface area (Å²) >= 11 is 0. The molecule has 0 aromatic heterocycles. The summed E-state index contributed by atoms with van der Waals surface area (Å²) in [6, 6.07) is 9.02. The molecule has 3 rings (SSSR count). The molecule has 162 valence electrons. The number of nitrogens with one attached hydrogen (secondary N) is 2. The van der Waals surface area contributed by atoms with Crippen molar-refractivity contribution in [2.75, 3.05) is 46.4 Å². The molecule has 0 aliphatic carbocycles. The smallest absolute Gasteiger partial charge is 0.191 e. The number of nitrogens with zero attached hydrogens (tertiary/aromatic N) is 2. The van der Waals surface area contributed by atoms with Gasteiger partial charge < -0.3 is 15.4 Å². The van der Waals surface area contributed by atoms with Gasteiger partial charge in [-0.25, -0.2) is 0 Å². The van der Waals surface area contributed by atoms with E-state index in [-0.39, 0.29) is 11.0 Å². The van der Waals surface area contributed by atoms with Crippen LogP contribution in [0, 0.1) is 0 Å². The Labute approximate surface area is 177 Å². The van der Waals surface area contributed by atoms with E-state index in [9.17, 15) is 0 Å². The molecule has 2 aliphatic heterocycles. The van der Waals surface area contributed by atoms with Crippen LogP contribution < -0.4 is 10.6 Å². The molecule has 0 bridgehead atoms. The van der Waals surface area contributed by atoms with Crippen molar-refractivity contribution < 1.29 is 4.74 Å². The first kappa shape index (κ1) is 22.1. The predicted molar refractivity (Wildman–Crippen MR) is 122 cm³/mol. The van der Waals surface area contributed by atoms with Gasteiger partial charge in [0.15, 0.2) is 5.96 Å². The summed E-state index contributed by atoms with van der Waals surface area (Å²) in [5.41, 5.74) is 2.99. The second-order valence-corrected chi connectivity index (χ2v) is 9.24. The van der Waals surface area contributed by atoms with Crippen molar-refractivity contribution in [2.45, 2.75) is 63.8 Å². The van der Waals surface area contributed by atoms with Crippen molar-refractivity contribution in [2.24, 2.45) is 4.99 Å². The molecule has 0 radical (unpaired) electrons. The van der Waals surface area contributed by atoms with Gasteiger partial charge in [-0.3, -0.25) is 9.89 Å². The first-order valence-corrected chi connectivity index (χ1v) is 11.4. The number of guanidine groups is 1. The van der Waals surface area contributed by atoms with Crippen molar-refractivity contribution in [1.29, 1.82) is 0 Å². The van der Waals surface area contributed by atoms with Gasteiger partial charge in [0.05, 0.1) is 0 Å². The Balaban J connectivity index is 1.57. The number of likely N-dealkylation sites (tertiary alicyclic amines) is 1. The monoisotopic (exact) mass is 400 g/mol. The fourth-order valence-corrected chi connectivity index (χ4v) is 4.61. The Hall–Kier alpha value is -1.59. The molecule has 2 saturated heterocycles. The summed E-state index contributed by atoms with van der Waals surface area (Å²) in [7, 11) is 1.87. The molecular weight excluding hydrogens is 360 g/mol. The van der Waals surface area contributed by atoms with Gasteiger partial charge in [-0.1, -0.05) is 45.0 Å². The average molecular weight is 401 g/mol. The lowest BCUT2D eigenvalue weighted by molar-refractivity contribution is -0.0164. The highest BCUT2D eigenvalue weighted by Crippen LogP contribution is 2.30. The number of hydrogen-bond donors (Lipinski definition) is 2. The molecule has 5 heteroatoms. The zero-order valence-corrected chi connectivity index (χ0v) is 18.9. The molecule has 5 nitrogen and oxygen atoms in total. The van der Waals surface area contributed by atoms with Crippen molar-refractivity contribution in [1.82, 2.24) is 15.5 Å². The molecule has 29 heavy (non-hydrogen) atoms. The third kappa shape index (κ3) is 5.52. The van der Waals surface area contributed by atoms with Gasteiger partial charge in [0.1, 0.15) is 0 Å². The van der Waals surface area contributed by atoms with Crippen LogP contribution in [-0.2, 0) is 16.6 Å². The van der Waals surface area contributed by atoms with E-state index in [1.165, 1.54) is 37.1 Å². The Bertz CT molecular complexity index is 656. The zero-order chi connectivity index (χ0) is 20.7. The lowest BCUT2D eigenvalue weighted by Crippen LogP contribution is -2.59. The summed E-state index contributed by atoms with van der Waals surface area (Å²) in [4.78, 5) is 7.19. The highest BCUT2D eigenvalue weighted by Gasteiger charge is 2.39. The summed E-state index contributed by atoms with van der Waals surface area (Å²) in [5.74, 6) is 0.897. The Morgan fingerprint density at radius 2 is 1.76 bits per heavy atom. The lowest BCUT2D eigenvalue weighted by Gasteiger charge is -2.45. The maximum atomic E-state index is 5.67. The van der Waals surface area contributed by atoms with Crippen LogP contribution in [0.1, 0.15) is 57.6 Å². The Morgan fingerprint density at radius 3 is 2.34 bits per heavy atom. The quantitative estimate of drug-likeness (QED) is 0.544. The van der Waals surface area contributed by atoms with E-state index >= 15 is 0 Å². The van der Waals surface area contributed by atoms with Crippen molar-refractivity contribution in [3.05, 3.63) is 35.4 Å². The van der Waals surface area contributed by atoms with E-state index in [4.69, 9.17) is 4.74 Å². The standard InChI is InChI=1S/C24H40N4O/c1-5-20-8-10-21(11-9-20)23(2,3)18-26-22(25-4)27-19-24(12-16-29-17-13-24)28-14-6-7-15-28/h8-11H,5-7,12-19H2,1-4H3,(H2,25,26,27). The number of ether oxygens (including phenoxy) is 1. The maximum Gasteiger partial charge on any atom is 0.191 e. The fraction of sp³-hybridized carbons (Fsp3) is 0.708. The molecule has 0 amide bonds. The number of rotatable bonds is 7. The summed E-state index contributed by atoms with van der Waals surface area (Å²) in [5, 5.41) is 7.21. The van der Waals surface area contributed by atoms with Gasteiger partial charge in [-0.2, -0.15) is 0 Å². The van der Waals surface area contributed by atoms with E-state index in [0.717, 1.165) is 51.5 Å². The third-order valence-electron chi connectivity index (χ3n) is 6.85. The highest BCUT2D eigenvalue weighted by molar-refractivity contribution is 5.79. The minimum absolute atomic E-state index is 0.0369. The SMILES string of the molecule is CCc1ccc(C(C)(C)CNC(=NC)NCC2(N3CCCC3)CCOCC2)cc1. The van der Waals surface area contributed by atoms with Crippen LogP contribution in [-0.4, -0.2) is 62.8 Å². The molecule has 1 aromatic carbocycles. The average Bonchev–Trinajstić information content (AvgIpc) is 3.30.